The number of carbonyl (C=O) groups is 1. The second-order valence-electron chi connectivity index (χ2n) is 5.49. The van der Waals surface area contributed by atoms with Crippen molar-refractivity contribution in [2.24, 2.45) is 11.8 Å². The standard InChI is InChI=1S/C16H23NO2/c1-3-15-10-17(9-13(15)2)11-16(18)19-12-14-7-5-4-6-8-14/h4-8,13,15H,3,9-12H2,1-2H3/t13-,15+/m0/s1. The van der Waals surface area contributed by atoms with Gasteiger partial charge in [0.1, 0.15) is 6.61 Å². The lowest BCUT2D eigenvalue weighted by Crippen LogP contribution is -2.29. The fourth-order valence-corrected chi connectivity index (χ4v) is 2.77. The van der Waals surface area contributed by atoms with Crippen LogP contribution in [0.2, 0.25) is 0 Å². The van der Waals surface area contributed by atoms with E-state index in [0.29, 0.717) is 19.1 Å². The molecule has 1 aromatic carbocycles. The summed E-state index contributed by atoms with van der Waals surface area (Å²) < 4.78 is 5.31. The highest BCUT2D eigenvalue weighted by Gasteiger charge is 2.29. The second-order valence-corrected chi connectivity index (χ2v) is 5.49. The Bertz CT molecular complexity index is 404. The average molecular weight is 261 g/mol. The van der Waals surface area contributed by atoms with Crippen LogP contribution in [0, 0.1) is 11.8 Å². The number of nitrogens with zero attached hydrogens (tertiary/aromatic N) is 1. The van der Waals surface area contributed by atoms with E-state index in [-0.39, 0.29) is 5.97 Å². The molecule has 0 unspecified atom stereocenters. The van der Waals surface area contributed by atoms with Gasteiger partial charge in [0.15, 0.2) is 0 Å². The number of carbonyl (C=O) groups excluding carboxylic acids is 1. The van der Waals surface area contributed by atoms with Crippen LogP contribution in [0.15, 0.2) is 30.3 Å². The summed E-state index contributed by atoms with van der Waals surface area (Å²) in [5.74, 6) is 1.29. The molecule has 1 heterocycles. The molecule has 0 aliphatic carbocycles. The molecule has 3 nitrogen and oxygen atoms in total. The van der Waals surface area contributed by atoms with Crippen molar-refractivity contribution in [1.29, 1.82) is 0 Å². The lowest BCUT2D eigenvalue weighted by Gasteiger charge is -2.14. The Labute approximate surface area is 115 Å². The smallest absolute Gasteiger partial charge is 0.320 e. The molecule has 1 aromatic rings. The minimum absolute atomic E-state index is 0.118. The van der Waals surface area contributed by atoms with Crippen molar-refractivity contribution in [3.8, 4) is 0 Å². The van der Waals surface area contributed by atoms with Gasteiger partial charge in [-0.3, -0.25) is 9.69 Å². The monoisotopic (exact) mass is 261 g/mol. The van der Waals surface area contributed by atoms with Crippen molar-refractivity contribution in [3.05, 3.63) is 35.9 Å². The van der Waals surface area contributed by atoms with Crippen LogP contribution < -0.4 is 0 Å². The second kappa shape index (κ2) is 6.71. The third-order valence-corrected chi connectivity index (χ3v) is 3.96. The molecule has 0 bridgehead atoms. The highest BCUT2D eigenvalue weighted by atomic mass is 16.5. The van der Waals surface area contributed by atoms with Crippen LogP contribution in [0.3, 0.4) is 0 Å². The van der Waals surface area contributed by atoms with E-state index < -0.39 is 0 Å². The van der Waals surface area contributed by atoms with E-state index in [1.165, 1.54) is 6.42 Å². The van der Waals surface area contributed by atoms with Gasteiger partial charge in [-0.2, -0.15) is 0 Å². The zero-order valence-corrected chi connectivity index (χ0v) is 11.8. The van der Waals surface area contributed by atoms with Crippen molar-refractivity contribution < 1.29 is 9.53 Å². The van der Waals surface area contributed by atoms with Gasteiger partial charge in [-0.1, -0.05) is 50.6 Å². The molecule has 0 saturated carbocycles. The Morgan fingerprint density at radius 1 is 1.32 bits per heavy atom. The van der Waals surface area contributed by atoms with Crippen LogP contribution in [0.25, 0.3) is 0 Å². The van der Waals surface area contributed by atoms with Crippen LogP contribution in [0.4, 0.5) is 0 Å². The Morgan fingerprint density at radius 3 is 2.68 bits per heavy atom. The Morgan fingerprint density at radius 2 is 2.05 bits per heavy atom. The number of esters is 1. The molecule has 19 heavy (non-hydrogen) atoms. The minimum Gasteiger partial charge on any atom is -0.460 e. The summed E-state index contributed by atoms with van der Waals surface area (Å²) in [7, 11) is 0. The summed E-state index contributed by atoms with van der Waals surface area (Å²) in [5, 5.41) is 0. The van der Waals surface area contributed by atoms with Crippen LogP contribution in [-0.4, -0.2) is 30.5 Å². The number of rotatable bonds is 5. The molecule has 1 fully saturated rings. The molecular formula is C16H23NO2. The largest absolute Gasteiger partial charge is 0.460 e. The molecule has 0 N–H and O–H groups in total. The van der Waals surface area contributed by atoms with Gasteiger partial charge in [-0.05, 0) is 17.4 Å². The predicted molar refractivity (Wildman–Crippen MR) is 75.6 cm³/mol. The van der Waals surface area contributed by atoms with Gasteiger partial charge in [0, 0.05) is 13.1 Å². The Kier molecular flexibility index (Phi) is 4.97. The van der Waals surface area contributed by atoms with Crippen molar-refractivity contribution in [1.82, 2.24) is 4.90 Å². The van der Waals surface area contributed by atoms with Crippen molar-refractivity contribution in [2.75, 3.05) is 19.6 Å². The molecular weight excluding hydrogens is 238 g/mol. The molecule has 1 saturated heterocycles. The molecule has 2 atom stereocenters. The van der Waals surface area contributed by atoms with Crippen LogP contribution in [-0.2, 0) is 16.1 Å². The topological polar surface area (TPSA) is 29.5 Å². The number of likely N-dealkylation sites (tertiary alicyclic amines) is 1. The molecule has 1 aliphatic heterocycles. The van der Waals surface area contributed by atoms with Gasteiger partial charge >= 0.3 is 5.97 Å². The SMILES string of the molecule is CC[C@@H]1CN(CC(=O)OCc2ccccc2)C[C@@H]1C. The molecule has 104 valence electrons. The summed E-state index contributed by atoms with van der Waals surface area (Å²) in [5.41, 5.74) is 1.04. The summed E-state index contributed by atoms with van der Waals surface area (Å²) in [6.07, 6.45) is 1.19. The van der Waals surface area contributed by atoms with Gasteiger partial charge in [-0.15, -0.1) is 0 Å². The van der Waals surface area contributed by atoms with Crippen molar-refractivity contribution >= 4 is 5.97 Å². The highest BCUT2D eigenvalue weighted by molar-refractivity contribution is 5.71. The van der Waals surface area contributed by atoms with E-state index in [0.717, 1.165) is 24.6 Å². The predicted octanol–water partition coefficient (Wildman–Crippen LogP) is 2.71. The normalized spacial score (nSPS) is 23.5. The fraction of sp³-hybridized carbons (Fsp3) is 0.562. The maximum atomic E-state index is 11.8. The summed E-state index contributed by atoms with van der Waals surface area (Å²) in [6.45, 7) is 7.33. The molecule has 2 rings (SSSR count). The van der Waals surface area contributed by atoms with Gasteiger partial charge in [-0.25, -0.2) is 0 Å². The third kappa shape index (κ3) is 4.06. The van der Waals surface area contributed by atoms with E-state index >= 15 is 0 Å². The summed E-state index contributed by atoms with van der Waals surface area (Å²) in [4.78, 5) is 14.0. The quantitative estimate of drug-likeness (QED) is 0.763. The average Bonchev–Trinajstić information content (AvgIpc) is 2.77. The number of hydrogen-bond donors (Lipinski definition) is 0. The van der Waals surface area contributed by atoms with Crippen LogP contribution in [0.1, 0.15) is 25.8 Å². The van der Waals surface area contributed by atoms with Crippen molar-refractivity contribution in [3.63, 3.8) is 0 Å². The van der Waals surface area contributed by atoms with E-state index in [1.54, 1.807) is 0 Å². The van der Waals surface area contributed by atoms with E-state index in [1.807, 2.05) is 30.3 Å². The highest BCUT2D eigenvalue weighted by Crippen LogP contribution is 2.25. The Balaban J connectivity index is 1.73. The fourth-order valence-electron chi connectivity index (χ4n) is 2.77. The zero-order valence-electron chi connectivity index (χ0n) is 11.8. The molecule has 3 heteroatoms. The van der Waals surface area contributed by atoms with Crippen LogP contribution in [0.5, 0.6) is 0 Å². The van der Waals surface area contributed by atoms with Gasteiger partial charge in [0.2, 0.25) is 0 Å². The molecule has 0 aromatic heterocycles. The maximum absolute atomic E-state index is 11.8. The van der Waals surface area contributed by atoms with Crippen LogP contribution >= 0.6 is 0 Å². The maximum Gasteiger partial charge on any atom is 0.320 e. The number of hydrogen-bond acceptors (Lipinski definition) is 3. The first-order chi connectivity index (χ1) is 9.19. The third-order valence-electron chi connectivity index (χ3n) is 3.96. The van der Waals surface area contributed by atoms with E-state index in [4.69, 9.17) is 4.74 Å². The number of benzene rings is 1. The lowest BCUT2D eigenvalue weighted by atomic mass is 9.96. The summed E-state index contributed by atoms with van der Waals surface area (Å²) >= 11 is 0. The molecule has 1 aliphatic rings. The van der Waals surface area contributed by atoms with E-state index in [9.17, 15) is 4.79 Å². The van der Waals surface area contributed by atoms with Gasteiger partial charge in [0.25, 0.3) is 0 Å². The molecule has 0 spiro atoms. The lowest BCUT2D eigenvalue weighted by molar-refractivity contribution is -0.146. The first kappa shape index (κ1) is 14.1. The first-order valence-corrected chi connectivity index (χ1v) is 7.11. The minimum atomic E-state index is -0.118. The molecule has 0 radical (unpaired) electrons. The number of ether oxygens (including phenoxy) is 1. The van der Waals surface area contributed by atoms with Gasteiger partial charge in [0.05, 0.1) is 6.54 Å². The van der Waals surface area contributed by atoms with E-state index in [2.05, 4.69) is 18.7 Å². The van der Waals surface area contributed by atoms with Crippen molar-refractivity contribution in [2.45, 2.75) is 26.9 Å². The first-order valence-electron chi connectivity index (χ1n) is 7.11. The Hall–Kier alpha value is -1.35. The zero-order chi connectivity index (χ0) is 13.7. The van der Waals surface area contributed by atoms with Gasteiger partial charge < -0.3 is 4.74 Å². The molecule has 0 amide bonds. The summed E-state index contributed by atoms with van der Waals surface area (Å²) in [6, 6.07) is 9.81.